The molecule has 0 amide bonds. The normalized spacial score (nSPS) is 35.9. The molecule has 30 heavy (non-hydrogen) atoms. The zero-order chi connectivity index (χ0) is 22.6. The van der Waals surface area contributed by atoms with Gasteiger partial charge in [-0.05, 0) is 46.3 Å². The van der Waals surface area contributed by atoms with Crippen molar-refractivity contribution >= 4 is 23.7 Å². The van der Waals surface area contributed by atoms with Crippen LogP contribution in [0.25, 0.3) is 0 Å². The van der Waals surface area contributed by atoms with Gasteiger partial charge in [0.25, 0.3) is 0 Å². The van der Waals surface area contributed by atoms with Gasteiger partial charge >= 0.3 is 17.9 Å². The molecule has 1 N–H and O–H groups in total. The van der Waals surface area contributed by atoms with Gasteiger partial charge in [-0.2, -0.15) is 0 Å². The number of ether oxygens (including phenoxy) is 3. The zero-order valence-electron chi connectivity index (χ0n) is 17.9. The molecule has 0 aromatic carbocycles. The van der Waals surface area contributed by atoms with Crippen LogP contribution in [0, 0.1) is 5.92 Å². The van der Waals surface area contributed by atoms with Crippen molar-refractivity contribution in [3.8, 4) is 0 Å². The monoisotopic (exact) mass is 418 g/mol. The zero-order valence-corrected chi connectivity index (χ0v) is 17.9. The summed E-state index contributed by atoms with van der Waals surface area (Å²) < 4.78 is 16.9. The van der Waals surface area contributed by atoms with Crippen molar-refractivity contribution in [2.45, 2.75) is 71.4 Å². The van der Waals surface area contributed by atoms with E-state index in [1.54, 1.807) is 33.8 Å². The van der Waals surface area contributed by atoms with E-state index in [1.807, 2.05) is 0 Å². The van der Waals surface area contributed by atoms with Crippen LogP contribution in [-0.4, -0.2) is 52.2 Å². The molecular weight excluding hydrogens is 392 g/mol. The van der Waals surface area contributed by atoms with Crippen LogP contribution < -0.4 is 0 Å². The summed E-state index contributed by atoms with van der Waals surface area (Å²) in [6, 6.07) is 0. The van der Waals surface area contributed by atoms with Gasteiger partial charge in [0, 0.05) is 18.9 Å². The molecule has 0 aromatic rings. The second-order valence-corrected chi connectivity index (χ2v) is 8.30. The van der Waals surface area contributed by atoms with Crippen molar-refractivity contribution in [2.75, 3.05) is 0 Å². The summed E-state index contributed by atoms with van der Waals surface area (Å²) in [6.07, 6.45) is 0.785. The third-order valence-corrected chi connectivity index (χ3v) is 6.23. The predicted molar refractivity (Wildman–Crippen MR) is 104 cm³/mol. The standard InChI is InChI=1S/C22H26O8/c1-7-10(2)19(25)28-15-8-11(3)16-14(24)9-12(4)22(16,30-13(5)23)18-17(15)21(6,27)20(26)29-18/h7,9,15,17-18,27H,8H2,1-6H3. The third kappa shape index (κ3) is 3.01. The van der Waals surface area contributed by atoms with E-state index >= 15 is 0 Å². The molecule has 1 fully saturated rings. The molecule has 5 unspecified atom stereocenters. The number of esters is 3. The molecule has 162 valence electrons. The maximum absolute atomic E-state index is 12.8. The topological polar surface area (TPSA) is 116 Å². The Balaban J connectivity index is 2.23. The van der Waals surface area contributed by atoms with E-state index < -0.39 is 47.2 Å². The van der Waals surface area contributed by atoms with Gasteiger partial charge in [0.05, 0.1) is 11.5 Å². The van der Waals surface area contributed by atoms with Crippen LogP contribution in [0.1, 0.15) is 48.0 Å². The maximum Gasteiger partial charge on any atom is 0.338 e. The van der Waals surface area contributed by atoms with Gasteiger partial charge in [0.15, 0.2) is 23.1 Å². The largest absolute Gasteiger partial charge is 0.458 e. The molecule has 8 nitrogen and oxygen atoms in total. The number of hydrogen-bond donors (Lipinski definition) is 1. The summed E-state index contributed by atoms with van der Waals surface area (Å²) in [5.41, 5.74) is -2.25. The minimum Gasteiger partial charge on any atom is -0.458 e. The summed E-state index contributed by atoms with van der Waals surface area (Å²) in [6.45, 7) is 9.03. The lowest BCUT2D eigenvalue weighted by Gasteiger charge is -2.39. The van der Waals surface area contributed by atoms with Crippen LogP contribution in [0.4, 0.5) is 0 Å². The van der Waals surface area contributed by atoms with E-state index in [9.17, 15) is 24.3 Å². The molecule has 0 spiro atoms. The molecule has 0 aromatic heterocycles. The van der Waals surface area contributed by atoms with E-state index in [0.717, 1.165) is 0 Å². The van der Waals surface area contributed by atoms with Crippen LogP contribution in [0.2, 0.25) is 0 Å². The molecular formula is C22H26O8. The van der Waals surface area contributed by atoms with E-state index in [4.69, 9.17) is 14.2 Å². The molecule has 0 saturated carbocycles. The smallest absolute Gasteiger partial charge is 0.338 e. The van der Waals surface area contributed by atoms with E-state index in [-0.39, 0.29) is 17.8 Å². The number of fused-ring (bicyclic) bond motifs is 3. The Morgan fingerprint density at radius 2 is 1.90 bits per heavy atom. The highest BCUT2D eigenvalue weighted by Gasteiger charge is 2.69. The Kier molecular flexibility index (Phi) is 5.27. The van der Waals surface area contributed by atoms with Crippen LogP contribution in [0.5, 0.6) is 0 Å². The second kappa shape index (κ2) is 7.19. The Morgan fingerprint density at radius 1 is 1.27 bits per heavy atom. The molecule has 1 saturated heterocycles. The van der Waals surface area contributed by atoms with E-state index in [0.29, 0.717) is 16.7 Å². The lowest BCUT2D eigenvalue weighted by atomic mass is 9.74. The summed E-state index contributed by atoms with van der Waals surface area (Å²) in [5.74, 6) is -3.66. The van der Waals surface area contributed by atoms with Crippen molar-refractivity contribution in [3.05, 3.63) is 34.4 Å². The fourth-order valence-corrected chi connectivity index (χ4v) is 4.69. The summed E-state index contributed by atoms with van der Waals surface area (Å²) >= 11 is 0. The van der Waals surface area contributed by atoms with Gasteiger partial charge in [-0.15, -0.1) is 0 Å². The molecule has 0 radical (unpaired) electrons. The first-order chi connectivity index (χ1) is 13.9. The highest BCUT2D eigenvalue weighted by molar-refractivity contribution is 6.11. The Morgan fingerprint density at radius 3 is 2.47 bits per heavy atom. The molecule has 5 atom stereocenters. The second-order valence-electron chi connectivity index (χ2n) is 8.30. The van der Waals surface area contributed by atoms with Gasteiger partial charge in [0.2, 0.25) is 0 Å². The number of carbonyl (C=O) groups is 4. The van der Waals surface area contributed by atoms with Crippen molar-refractivity contribution in [1.82, 2.24) is 0 Å². The predicted octanol–water partition coefficient (Wildman–Crippen LogP) is 1.71. The number of carbonyl (C=O) groups excluding carboxylic acids is 4. The molecule has 0 bridgehead atoms. The van der Waals surface area contributed by atoms with Crippen LogP contribution in [0.3, 0.4) is 0 Å². The van der Waals surface area contributed by atoms with E-state index in [2.05, 4.69) is 0 Å². The van der Waals surface area contributed by atoms with Crippen LogP contribution in [-0.2, 0) is 33.4 Å². The highest BCUT2D eigenvalue weighted by Crippen LogP contribution is 2.54. The first-order valence-corrected chi connectivity index (χ1v) is 9.78. The summed E-state index contributed by atoms with van der Waals surface area (Å²) in [7, 11) is 0. The van der Waals surface area contributed by atoms with E-state index in [1.165, 1.54) is 19.9 Å². The molecule has 2 aliphatic carbocycles. The van der Waals surface area contributed by atoms with Crippen LogP contribution in [0.15, 0.2) is 34.4 Å². The van der Waals surface area contributed by atoms with Crippen molar-refractivity contribution in [1.29, 1.82) is 0 Å². The molecule has 8 heteroatoms. The van der Waals surface area contributed by atoms with Gasteiger partial charge < -0.3 is 19.3 Å². The first kappa shape index (κ1) is 22.0. The lowest BCUT2D eigenvalue weighted by molar-refractivity contribution is -0.171. The number of aliphatic hydroxyl groups is 1. The SMILES string of the molecule is CC=C(C)C(=O)OC1CC(C)=C2C(=O)C=C(C)C2(OC(C)=O)C2OC(=O)C(C)(O)C12. The Bertz CT molecular complexity index is 935. The molecule has 1 heterocycles. The lowest BCUT2D eigenvalue weighted by Crippen LogP contribution is -2.55. The quantitative estimate of drug-likeness (QED) is 0.418. The number of ketones is 1. The average Bonchev–Trinajstić information content (AvgIpc) is 2.98. The van der Waals surface area contributed by atoms with Crippen LogP contribution >= 0.6 is 0 Å². The minimum absolute atomic E-state index is 0.0713. The Labute approximate surface area is 174 Å². The summed E-state index contributed by atoms with van der Waals surface area (Å²) in [5, 5.41) is 11.0. The molecule has 3 rings (SSSR count). The molecule has 1 aliphatic heterocycles. The van der Waals surface area contributed by atoms with Gasteiger partial charge in [-0.1, -0.05) is 11.6 Å². The minimum atomic E-state index is -2.02. The van der Waals surface area contributed by atoms with Gasteiger partial charge in [-0.3, -0.25) is 9.59 Å². The third-order valence-electron chi connectivity index (χ3n) is 6.23. The summed E-state index contributed by atoms with van der Waals surface area (Å²) in [4.78, 5) is 50.0. The Hall–Kier alpha value is -2.74. The fourth-order valence-electron chi connectivity index (χ4n) is 4.69. The maximum atomic E-state index is 12.8. The van der Waals surface area contributed by atoms with Crippen molar-refractivity contribution < 1.29 is 38.5 Å². The number of allylic oxidation sites excluding steroid dienone is 2. The van der Waals surface area contributed by atoms with Gasteiger partial charge in [0.1, 0.15) is 6.10 Å². The number of rotatable bonds is 3. The van der Waals surface area contributed by atoms with Crippen molar-refractivity contribution in [2.24, 2.45) is 5.92 Å². The number of hydrogen-bond acceptors (Lipinski definition) is 8. The van der Waals surface area contributed by atoms with Gasteiger partial charge in [-0.25, -0.2) is 9.59 Å². The van der Waals surface area contributed by atoms with Crippen molar-refractivity contribution in [3.63, 3.8) is 0 Å². The average molecular weight is 418 g/mol. The molecule has 3 aliphatic rings. The highest BCUT2D eigenvalue weighted by atomic mass is 16.6. The first-order valence-electron chi connectivity index (χ1n) is 9.78. The fraction of sp³-hybridized carbons (Fsp3) is 0.545.